The van der Waals surface area contributed by atoms with Gasteiger partial charge in [0.25, 0.3) is 0 Å². The summed E-state index contributed by atoms with van der Waals surface area (Å²) in [5.74, 6) is 0.473. The Morgan fingerprint density at radius 1 is 1.25 bits per heavy atom. The normalized spacial score (nSPS) is 33.0. The van der Waals surface area contributed by atoms with Crippen LogP contribution in [0.3, 0.4) is 0 Å². The number of aliphatic hydroxyl groups is 3. The van der Waals surface area contributed by atoms with E-state index in [1.807, 2.05) is 6.07 Å². The smallest absolute Gasteiger partial charge is 0.410 e. The molecule has 0 aliphatic carbocycles. The molecule has 0 spiro atoms. The number of aliphatic hydroxyl groups excluding tert-OH is 3. The van der Waals surface area contributed by atoms with Gasteiger partial charge in [0.05, 0.1) is 13.2 Å². The van der Waals surface area contributed by atoms with Crippen molar-refractivity contribution in [2.45, 2.75) is 31.1 Å². The minimum Gasteiger partial charge on any atom is -0.410 e. The molecule has 1 aromatic carbocycles. The van der Waals surface area contributed by atoms with E-state index in [0.717, 1.165) is 5.56 Å². The summed E-state index contributed by atoms with van der Waals surface area (Å²) in [6.07, 6.45) is -5.14. The van der Waals surface area contributed by atoms with Gasteiger partial charge in [-0.15, -0.1) is 0 Å². The van der Waals surface area contributed by atoms with E-state index in [2.05, 4.69) is 0 Å². The lowest BCUT2D eigenvalue weighted by molar-refractivity contribution is -0.0905. The first-order valence-electron chi connectivity index (χ1n) is 6.30. The van der Waals surface area contributed by atoms with Crippen molar-refractivity contribution in [3.63, 3.8) is 0 Å². The molecule has 0 saturated carbocycles. The van der Waals surface area contributed by atoms with Crippen molar-refractivity contribution < 1.29 is 29.6 Å². The molecule has 3 N–H and O–H groups in total. The van der Waals surface area contributed by atoms with E-state index in [4.69, 9.17) is 14.6 Å². The highest BCUT2D eigenvalue weighted by Gasteiger charge is 2.48. The van der Waals surface area contributed by atoms with Crippen LogP contribution in [0.2, 0.25) is 0 Å². The van der Waals surface area contributed by atoms with E-state index in [0.29, 0.717) is 5.75 Å². The molecule has 3 rings (SSSR count). The van der Waals surface area contributed by atoms with Crippen molar-refractivity contribution in [2.24, 2.45) is 0 Å². The number of carbonyl (C=O) groups is 1. The molecular weight excluding hydrogens is 266 g/mol. The van der Waals surface area contributed by atoms with E-state index < -0.39 is 37.2 Å². The van der Waals surface area contributed by atoms with Crippen molar-refractivity contribution >= 4 is 6.09 Å². The van der Waals surface area contributed by atoms with E-state index in [9.17, 15) is 15.0 Å². The first kappa shape index (κ1) is 13.3. The Balaban J connectivity index is 1.83. The van der Waals surface area contributed by atoms with Crippen molar-refractivity contribution in [3.05, 3.63) is 29.8 Å². The third kappa shape index (κ3) is 2.04. The van der Waals surface area contributed by atoms with Crippen LogP contribution >= 0.6 is 0 Å². The van der Waals surface area contributed by atoms with Crippen molar-refractivity contribution in [1.29, 1.82) is 0 Å². The third-order valence-electron chi connectivity index (χ3n) is 3.57. The molecule has 7 nitrogen and oxygen atoms in total. The van der Waals surface area contributed by atoms with Gasteiger partial charge in [0.1, 0.15) is 24.1 Å². The Kier molecular flexibility index (Phi) is 3.35. The molecule has 2 heterocycles. The summed E-state index contributed by atoms with van der Waals surface area (Å²) in [5, 5.41) is 28.7. The van der Waals surface area contributed by atoms with Crippen LogP contribution in [0.25, 0.3) is 0 Å². The molecular formula is C13H15NO6. The number of para-hydroxylation sites is 1. The molecule has 1 aromatic rings. The fourth-order valence-corrected chi connectivity index (χ4v) is 2.47. The molecule has 7 heteroatoms. The van der Waals surface area contributed by atoms with Crippen molar-refractivity contribution in [2.75, 3.05) is 6.61 Å². The van der Waals surface area contributed by atoms with Gasteiger partial charge in [-0.2, -0.15) is 0 Å². The fraction of sp³-hybridized carbons (Fsp3) is 0.462. The van der Waals surface area contributed by atoms with E-state index >= 15 is 0 Å². The summed E-state index contributed by atoms with van der Waals surface area (Å²) < 4.78 is 10.5. The predicted octanol–water partition coefficient (Wildman–Crippen LogP) is -0.560. The number of nitrogens with zero attached hydrogens (tertiary/aromatic N) is 1. The quantitative estimate of drug-likeness (QED) is 0.672. The molecule has 0 unspecified atom stereocenters. The number of carbonyl (C=O) groups excluding carboxylic acids is 1. The van der Waals surface area contributed by atoms with Gasteiger partial charge in [-0.25, -0.2) is 4.79 Å². The van der Waals surface area contributed by atoms with Gasteiger partial charge in [0.15, 0.2) is 6.23 Å². The summed E-state index contributed by atoms with van der Waals surface area (Å²) >= 11 is 0. The Morgan fingerprint density at radius 3 is 2.70 bits per heavy atom. The highest BCUT2D eigenvalue weighted by molar-refractivity contribution is 5.73. The summed E-state index contributed by atoms with van der Waals surface area (Å²) in [7, 11) is 0. The average molecular weight is 281 g/mol. The maximum Gasteiger partial charge on any atom is 0.417 e. The zero-order valence-corrected chi connectivity index (χ0v) is 10.5. The lowest BCUT2D eigenvalue weighted by atomic mass is 10.1. The van der Waals surface area contributed by atoms with Gasteiger partial charge in [0, 0.05) is 5.56 Å². The SMILES string of the molecule is O=C1Oc2ccccc2CN1[C@@H]1O[C@H](CO)[C@@H](O)[C@H]1O. The van der Waals surface area contributed by atoms with Crippen LogP contribution in [-0.4, -0.2) is 57.5 Å². The first-order valence-corrected chi connectivity index (χ1v) is 6.30. The summed E-state index contributed by atoms with van der Waals surface area (Å²) in [6, 6.07) is 7.06. The first-order chi connectivity index (χ1) is 9.61. The van der Waals surface area contributed by atoms with Crippen LogP contribution < -0.4 is 4.74 Å². The zero-order valence-electron chi connectivity index (χ0n) is 10.5. The second-order valence-electron chi connectivity index (χ2n) is 4.83. The largest absolute Gasteiger partial charge is 0.417 e. The molecule has 2 aliphatic heterocycles. The van der Waals surface area contributed by atoms with Gasteiger partial charge in [-0.1, -0.05) is 18.2 Å². The number of benzene rings is 1. The number of hydrogen-bond donors (Lipinski definition) is 3. The number of amides is 1. The second kappa shape index (κ2) is 5.02. The van der Waals surface area contributed by atoms with Gasteiger partial charge < -0.3 is 24.8 Å². The highest BCUT2D eigenvalue weighted by atomic mass is 16.6. The zero-order chi connectivity index (χ0) is 14.3. The summed E-state index contributed by atoms with van der Waals surface area (Å²) in [5.41, 5.74) is 0.782. The maximum atomic E-state index is 12.0. The predicted molar refractivity (Wildman–Crippen MR) is 65.8 cm³/mol. The van der Waals surface area contributed by atoms with Gasteiger partial charge in [-0.3, -0.25) is 4.90 Å². The number of hydrogen-bond acceptors (Lipinski definition) is 6. The Morgan fingerprint density at radius 2 is 2.00 bits per heavy atom. The second-order valence-corrected chi connectivity index (χ2v) is 4.83. The standard InChI is InChI=1S/C13H15NO6/c15-6-9-10(16)11(17)12(19-9)14-5-7-3-1-2-4-8(7)20-13(14)18/h1-4,9-12,15-17H,5-6H2/t9-,10-,11-,12-/m1/s1. The molecule has 20 heavy (non-hydrogen) atoms. The van der Waals surface area contributed by atoms with Gasteiger partial charge >= 0.3 is 6.09 Å². The molecule has 0 bridgehead atoms. The number of ether oxygens (including phenoxy) is 2. The lowest BCUT2D eigenvalue weighted by Gasteiger charge is -2.33. The lowest BCUT2D eigenvalue weighted by Crippen LogP contribution is -2.49. The van der Waals surface area contributed by atoms with Crippen molar-refractivity contribution in [3.8, 4) is 5.75 Å². The minimum absolute atomic E-state index is 0.210. The highest BCUT2D eigenvalue weighted by Crippen LogP contribution is 2.31. The van der Waals surface area contributed by atoms with Crippen LogP contribution in [0.1, 0.15) is 5.56 Å². The summed E-state index contributed by atoms with van der Waals surface area (Å²) in [4.78, 5) is 13.2. The average Bonchev–Trinajstić information content (AvgIpc) is 2.74. The van der Waals surface area contributed by atoms with Gasteiger partial charge in [-0.05, 0) is 6.07 Å². The van der Waals surface area contributed by atoms with E-state index in [-0.39, 0.29) is 6.54 Å². The molecule has 108 valence electrons. The number of rotatable bonds is 2. The van der Waals surface area contributed by atoms with Crippen LogP contribution in [0.5, 0.6) is 5.75 Å². The van der Waals surface area contributed by atoms with E-state index in [1.165, 1.54) is 4.90 Å². The molecule has 0 aromatic heterocycles. The third-order valence-corrected chi connectivity index (χ3v) is 3.57. The van der Waals surface area contributed by atoms with Crippen LogP contribution in [0.4, 0.5) is 4.79 Å². The van der Waals surface area contributed by atoms with Crippen molar-refractivity contribution in [1.82, 2.24) is 4.90 Å². The van der Waals surface area contributed by atoms with Gasteiger partial charge in [0.2, 0.25) is 0 Å². The fourth-order valence-electron chi connectivity index (χ4n) is 2.47. The van der Waals surface area contributed by atoms with Crippen LogP contribution in [0, 0.1) is 0 Å². The Bertz CT molecular complexity index is 521. The molecule has 4 atom stereocenters. The molecule has 1 fully saturated rings. The monoisotopic (exact) mass is 281 g/mol. The Hall–Kier alpha value is -1.67. The summed E-state index contributed by atoms with van der Waals surface area (Å²) in [6.45, 7) is -0.226. The molecule has 1 saturated heterocycles. The number of fused-ring (bicyclic) bond motifs is 1. The minimum atomic E-state index is -1.29. The Labute approximate surface area is 115 Å². The molecule has 2 aliphatic rings. The van der Waals surface area contributed by atoms with Crippen LogP contribution in [-0.2, 0) is 11.3 Å². The molecule has 1 amide bonds. The maximum absolute atomic E-state index is 12.0. The molecule has 0 radical (unpaired) electrons. The van der Waals surface area contributed by atoms with E-state index in [1.54, 1.807) is 18.2 Å². The topological polar surface area (TPSA) is 99.5 Å². The van der Waals surface area contributed by atoms with Crippen LogP contribution in [0.15, 0.2) is 24.3 Å².